The van der Waals surface area contributed by atoms with Gasteiger partial charge in [0, 0.05) is 38.2 Å². The van der Waals surface area contributed by atoms with E-state index in [0.29, 0.717) is 5.82 Å². The molecule has 0 aliphatic carbocycles. The number of nitrogen functional groups attached to an aromatic ring is 1. The highest BCUT2D eigenvalue weighted by molar-refractivity contribution is 5.51. The molecule has 0 unspecified atom stereocenters. The van der Waals surface area contributed by atoms with Crippen LogP contribution in [0.4, 0.5) is 11.5 Å². The average Bonchev–Trinajstić information content (AvgIpc) is 2.34. The molecular formula is C12H22N4O. The molecular weight excluding hydrogens is 216 g/mol. The molecule has 0 spiro atoms. The number of hydrazine groups is 1. The zero-order chi connectivity index (χ0) is 12.7. The van der Waals surface area contributed by atoms with E-state index in [1.807, 2.05) is 12.1 Å². The fraction of sp³-hybridized carbons (Fsp3) is 0.583. The normalized spacial score (nSPS) is 11.3. The predicted octanol–water partition coefficient (Wildman–Crippen LogP) is 1.84. The molecule has 1 heterocycles. The van der Waals surface area contributed by atoms with E-state index < -0.39 is 0 Å². The molecule has 1 aromatic heterocycles. The summed E-state index contributed by atoms with van der Waals surface area (Å²) in [4.78, 5) is 4.06. The molecule has 0 radical (unpaired) electrons. The van der Waals surface area contributed by atoms with Crippen molar-refractivity contribution in [3.8, 4) is 0 Å². The number of ether oxygens (including phenoxy) is 1. The van der Waals surface area contributed by atoms with Gasteiger partial charge in [-0.05, 0) is 17.9 Å². The van der Waals surface area contributed by atoms with E-state index in [9.17, 15) is 0 Å². The number of nitrogens with one attached hydrogen (secondary N) is 2. The summed E-state index contributed by atoms with van der Waals surface area (Å²) < 4.78 is 5.10. The van der Waals surface area contributed by atoms with Crippen LogP contribution in [0.1, 0.15) is 20.3 Å². The molecule has 17 heavy (non-hydrogen) atoms. The molecule has 5 nitrogen and oxygen atoms in total. The summed E-state index contributed by atoms with van der Waals surface area (Å²) in [5.41, 5.74) is 3.73. The van der Waals surface area contributed by atoms with Crippen LogP contribution in [0.3, 0.4) is 0 Å². The minimum atomic E-state index is 0.190. The van der Waals surface area contributed by atoms with E-state index in [-0.39, 0.29) is 5.41 Å². The molecule has 0 saturated heterocycles. The lowest BCUT2D eigenvalue weighted by Gasteiger charge is -2.25. The molecule has 5 heteroatoms. The van der Waals surface area contributed by atoms with Crippen LogP contribution in [0.15, 0.2) is 18.3 Å². The van der Waals surface area contributed by atoms with Gasteiger partial charge < -0.3 is 15.5 Å². The molecule has 0 atom stereocenters. The Morgan fingerprint density at radius 3 is 2.88 bits per heavy atom. The van der Waals surface area contributed by atoms with Gasteiger partial charge in [0.05, 0.1) is 0 Å². The molecule has 96 valence electrons. The number of anilines is 2. The minimum absolute atomic E-state index is 0.190. The Kier molecular flexibility index (Phi) is 5.18. The van der Waals surface area contributed by atoms with Gasteiger partial charge in [-0.25, -0.2) is 10.8 Å². The molecule has 0 aliphatic rings. The molecule has 1 aromatic rings. The maximum absolute atomic E-state index is 5.31. The topological polar surface area (TPSA) is 72.2 Å². The third-order valence-corrected chi connectivity index (χ3v) is 2.66. The average molecular weight is 238 g/mol. The van der Waals surface area contributed by atoms with Crippen LogP contribution in [0, 0.1) is 5.41 Å². The van der Waals surface area contributed by atoms with Crippen molar-refractivity contribution in [1.29, 1.82) is 0 Å². The van der Waals surface area contributed by atoms with Gasteiger partial charge in [-0.15, -0.1) is 0 Å². The molecule has 0 aromatic carbocycles. The van der Waals surface area contributed by atoms with Gasteiger partial charge in [-0.3, -0.25) is 0 Å². The zero-order valence-electron chi connectivity index (χ0n) is 10.8. The minimum Gasteiger partial charge on any atom is -0.385 e. The molecule has 0 amide bonds. The van der Waals surface area contributed by atoms with Gasteiger partial charge in [-0.1, -0.05) is 13.8 Å². The lowest BCUT2D eigenvalue weighted by Crippen LogP contribution is -2.24. The van der Waals surface area contributed by atoms with E-state index in [2.05, 4.69) is 29.6 Å². The van der Waals surface area contributed by atoms with E-state index >= 15 is 0 Å². The smallest absolute Gasteiger partial charge is 0.141 e. The standard InChI is InChI=1S/C12H22N4O/c1-12(2,5-7-17-3)9-15-10-4-6-14-11(8-10)16-13/h4,6,8H,5,7,9,13H2,1-3H3,(H2,14,15,16). The first kappa shape index (κ1) is 13.7. The lowest BCUT2D eigenvalue weighted by atomic mass is 9.89. The van der Waals surface area contributed by atoms with Crippen molar-refractivity contribution in [2.24, 2.45) is 11.3 Å². The van der Waals surface area contributed by atoms with Crippen molar-refractivity contribution in [3.05, 3.63) is 18.3 Å². The highest BCUT2D eigenvalue weighted by atomic mass is 16.5. The number of aromatic nitrogens is 1. The number of rotatable bonds is 7. The first-order valence-electron chi connectivity index (χ1n) is 5.73. The largest absolute Gasteiger partial charge is 0.385 e. The third kappa shape index (κ3) is 5.01. The van der Waals surface area contributed by atoms with Crippen molar-refractivity contribution in [3.63, 3.8) is 0 Å². The molecule has 0 aliphatic heterocycles. The lowest BCUT2D eigenvalue weighted by molar-refractivity contribution is 0.157. The summed E-state index contributed by atoms with van der Waals surface area (Å²) in [7, 11) is 1.73. The fourth-order valence-corrected chi connectivity index (χ4v) is 1.43. The van der Waals surface area contributed by atoms with Crippen molar-refractivity contribution in [1.82, 2.24) is 4.98 Å². The second-order valence-corrected chi connectivity index (χ2v) is 4.83. The van der Waals surface area contributed by atoms with E-state index in [4.69, 9.17) is 10.6 Å². The first-order valence-corrected chi connectivity index (χ1v) is 5.73. The van der Waals surface area contributed by atoms with Gasteiger partial charge in [0.1, 0.15) is 5.82 Å². The Hall–Kier alpha value is -1.33. The molecule has 4 N–H and O–H groups in total. The van der Waals surface area contributed by atoms with Crippen LogP contribution in [-0.2, 0) is 4.74 Å². The van der Waals surface area contributed by atoms with Gasteiger partial charge >= 0.3 is 0 Å². The second-order valence-electron chi connectivity index (χ2n) is 4.83. The van der Waals surface area contributed by atoms with Crippen LogP contribution in [0.5, 0.6) is 0 Å². The summed E-state index contributed by atoms with van der Waals surface area (Å²) in [5.74, 6) is 5.97. The van der Waals surface area contributed by atoms with Crippen LogP contribution >= 0.6 is 0 Å². The quantitative estimate of drug-likeness (QED) is 0.499. The van der Waals surface area contributed by atoms with Crippen molar-refractivity contribution in [2.45, 2.75) is 20.3 Å². The van der Waals surface area contributed by atoms with Gasteiger partial charge in [-0.2, -0.15) is 0 Å². The van der Waals surface area contributed by atoms with Gasteiger partial charge in [0.25, 0.3) is 0 Å². The zero-order valence-corrected chi connectivity index (χ0v) is 10.8. The van der Waals surface area contributed by atoms with E-state index in [1.54, 1.807) is 13.3 Å². The summed E-state index contributed by atoms with van der Waals surface area (Å²) in [5, 5.41) is 3.38. The Balaban J connectivity index is 2.48. The predicted molar refractivity (Wildman–Crippen MR) is 70.8 cm³/mol. The highest BCUT2D eigenvalue weighted by Gasteiger charge is 2.17. The Morgan fingerprint density at radius 1 is 1.47 bits per heavy atom. The highest BCUT2D eigenvalue weighted by Crippen LogP contribution is 2.21. The number of pyridine rings is 1. The summed E-state index contributed by atoms with van der Waals surface area (Å²) in [6.07, 6.45) is 2.74. The van der Waals surface area contributed by atoms with Gasteiger partial charge in [0.2, 0.25) is 0 Å². The number of hydrogen-bond donors (Lipinski definition) is 3. The van der Waals surface area contributed by atoms with E-state index in [1.165, 1.54) is 0 Å². The van der Waals surface area contributed by atoms with Crippen LogP contribution < -0.4 is 16.6 Å². The van der Waals surface area contributed by atoms with Crippen LogP contribution in [-0.4, -0.2) is 25.2 Å². The Labute approximate surface area is 103 Å². The molecule has 0 fully saturated rings. The second kappa shape index (κ2) is 6.42. The maximum atomic E-state index is 5.31. The molecule has 1 rings (SSSR count). The molecule has 0 saturated carbocycles. The first-order chi connectivity index (χ1) is 8.07. The maximum Gasteiger partial charge on any atom is 0.141 e. The van der Waals surface area contributed by atoms with Gasteiger partial charge in [0.15, 0.2) is 0 Å². The van der Waals surface area contributed by atoms with Crippen LogP contribution in [0.2, 0.25) is 0 Å². The third-order valence-electron chi connectivity index (χ3n) is 2.66. The Morgan fingerprint density at radius 2 is 2.24 bits per heavy atom. The summed E-state index contributed by atoms with van der Waals surface area (Å²) in [6, 6.07) is 3.81. The summed E-state index contributed by atoms with van der Waals surface area (Å²) >= 11 is 0. The van der Waals surface area contributed by atoms with E-state index in [0.717, 1.165) is 25.3 Å². The number of methoxy groups -OCH3 is 1. The SMILES string of the molecule is COCCC(C)(C)CNc1ccnc(NN)c1. The summed E-state index contributed by atoms with van der Waals surface area (Å²) in [6.45, 7) is 6.08. The molecule has 0 bridgehead atoms. The number of nitrogens with zero attached hydrogens (tertiary/aromatic N) is 1. The van der Waals surface area contributed by atoms with Crippen molar-refractivity contribution >= 4 is 11.5 Å². The fourth-order valence-electron chi connectivity index (χ4n) is 1.43. The van der Waals surface area contributed by atoms with Crippen molar-refractivity contribution in [2.75, 3.05) is 31.0 Å². The Bertz CT molecular complexity index is 341. The van der Waals surface area contributed by atoms with Crippen molar-refractivity contribution < 1.29 is 4.74 Å². The number of nitrogens with two attached hydrogens (primary N) is 1. The van der Waals surface area contributed by atoms with Crippen LogP contribution in [0.25, 0.3) is 0 Å². The number of hydrogen-bond acceptors (Lipinski definition) is 5. The monoisotopic (exact) mass is 238 g/mol.